The predicted molar refractivity (Wildman–Crippen MR) is 89.4 cm³/mol. The predicted octanol–water partition coefficient (Wildman–Crippen LogP) is 1.26. The van der Waals surface area contributed by atoms with Crippen LogP contribution in [0.1, 0.15) is 28.7 Å². The topological polar surface area (TPSA) is 88.3 Å². The van der Waals surface area contributed by atoms with Crippen molar-refractivity contribution in [2.24, 2.45) is 0 Å². The van der Waals surface area contributed by atoms with E-state index in [0.29, 0.717) is 18.8 Å². The van der Waals surface area contributed by atoms with Gasteiger partial charge in [-0.15, -0.1) is 0 Å². The van der Waals surface area contributed by atoms with Crippen LogP contribution in [0.3, 0.4) is 0 Å². The lowest BCUT2D eigenvalue weighted by Crippen LogP contribution is -2.35. The molecular weight excluding hydrogens is 308 g/mol. The van der Waals surface area contributed by atoms with E-state index >= 15 is 0 Å². The maximum atomic E-state index is 12.3. The molecule has 1 unspecified atom stereocenters. The van der Waals surface area contributed by atoms with Gasteiger partial charge in [-0.3, -0.25) is 9.89 Å². The second kappa shape index (κ2) is 7.35. The normalized spacial score (nSPS) is 14.6. The number of hydrogen-bond donors (Lipinski definition) is 3. The summed E-state index contributed by atoms with van der Waals surface area (Å²) in [7, 11) is 1.62. The van der Waals surface area contributed by atoms with E-state index in [1.54, 1.807) is 7.11 Å². The van der Waals surface area contributed by atoms with Gasteiger partial charge in [-0.25, -0.2) is 0 Å². The molecule has 3 N–H and O–H groups in total. The summed E-state index contributed by atoms with van der Waals surface area (Å²) in [5.74, 6) is 1.33. The van der Waals surface area contributed by atoms with Crippen molar-refractivity contribution in [1.82, 2.24) is 20.8 Å². The van der Waals surface area contributed by atoms with E-state index in [9.17, 15) is 4.79 Å². The van der Waals surface area contributed by atoms with Gasteiger partial charge in [-0.05, 0) is 31.2 Å². The fourth-order valence-electron chi connectivity index (χ4n) is 2.66. The molecule has 0 saturated carbocycles. The van der Waals surface area contributed by atoms with Gasteiger partial charge in [0.1, 0.15) is 17.6 Å². The van der Waals surface area contributed by atoms with Crippen LogP contribution in [-0.4, -0.2) is 42.4 Å². The van der Waals surface area contributed by atoms with Crippen molar-refractivity contribution < 1.29 is 14.3 Å². The molecule has 0 fully saturated rings. The number of amides is 1. The number of ether oxygens (including phenoxy) is 2. The lowest BCUT2D eigenvalue weighted by Gasteiger charge is -2.16. The number of carbonyl (C=O) groups excluding carboxylic acids is 1. The molecule has 128 valence electrons. The first-order valence-electron chi connectivity index (χ1n) is 8.03. The summed E-state index contributed by atoms with van der Waals surface area (Å²) in [5, 5.41) is 13.2. The van der Waals surface area contributed by atoms with Gasteiger partial charge >= 0.3 is 0 Å². The SMILES string of the molecule is COc1ccc(OC(C)CNC(=O)c2n[nH]c3c2CNCC3)cc1. The van der Waals surface area contributed by atoms with E-state index in [2.05, 4.69) is 20.8 Å². The highest BCUT2D eigenvalue weighted by Gasteiger charge is 2.21. The van der Waals surface area contributed by atoms with Crippen LogP contribution in [0.4, 0.5) is 0 Å². The van der Waals surface area contributed by atoms with Crippen LogP contribution in [0, 0.1) is 0 Å². The monoisotopic (exact) mass is 330 g/mol. The summed E-state index contributed by atoms with van der Waals surface area (Å²) in [5.41, 5.74) is 2.47. The van der Waals surface area contributed by atoms with Crippen LogP contribution in [-0.2, 0) is 13.0 Å². The van der Waals surface area contributed by atoms with Crippen LogP contribution in [0.2, 0.25) is 0 Å². The van der Waals surface area contributed by atoms with Crippen LogP contribution in [0.5, 0.6) is 11.5 Å². The molecule has 7 nitrogen and oxygen atoms in total. The number of methoxy groups -OCH3 is 1. The Kier molecular flexibility index (Phi) is 5.00. The summed E-state index contributed by atoms with van der Waals surface area (Å²) in [6.07, 6.45) is 0.710. The first-order chi connectivity index (χ1) is 11.7. The third-order valence-electron chi connectivity index (χ3n) is 3.97. The van der Waals surface area contributed by atoms with Crippen molar-refractivity contribution in [3.63, 3.8) is 0 Å². The molecule has 2 heterocycles. The third-order valence-corrected chi connectivity index (χ3v) is 3.97. The zero-order valence-electron chi connectivity index (χ0n) is 13.9. The van der Waals surface area contributed by atoms with Crippen LogP contribution in [0.25, 0.3) is 0 Å². The molecule has 1 atom stereocenters. The number of fused-ring (bicyclic) bond motifs is 1. The number of benzene rings is 1. The van der Waals surface area contributed by atoms with Crippen LogP contribution in [0.15, 0.2) is 24.3 Å². The molecule has 1 amide bonds. The Labute approximate surface area is 140 Å². The van der Waals surface area contributed by atoms with Crippen molar-refractivity contribution in [3.8, 4) is 11.5 Å². The maximum Gasteiger partial charge on any atom is 0.272 e. The van der Waals surface area contributed by atoms with Crippen molar-refractivity contribution in [1.29, 1.82) is 0 Å². The Morgan fingerprint density at radius 3 is 2.83 bits per heavy atom. The van der Waals surface area contributed by atoms with E-state index in [1.807, 2.05) is 31.2 Å². The Hall–Kier alpha value is -2.54. The van der Waals surface area contributed by atoms with E-state index < -0.39 is 0 Å². The van der Waals surface area contributed by atoms with Crippen molar-refractivity contribution in [2.45, 2.75) is 26.0 Å². The number of nitrogens with zero attached hydrogens (tertiary/aromatic N) is 1. The molecule has 1 aromatic carbocycles. The van der Waals surface area contributed by atoms with Gasteiger partial charge < -0.3 is 20.1 Å². The van der Waals surface area contributed by atoms with E-state index in [0.717, 1.165) is 35.7 Å². The molecule has 2 aromatic rings. The Morgan fingerprint density at radius 1 is 1.33 bits per heavy atom. The fourth-order valence-corrected chi connectivity index (χ4v) is 2.66. The molecule has 24 heavy (non-hydrogen) atoms. The van der Waals surface area contributed by atoms with Gasteiger partial charge in [0.2, 0.25) is 0 Å². The second-order valence-corrected chi connectivity index (χ2v) is 5.77. The molecule has 1 aromatic heterocycles. The number of aromatic amines is 1. The standard InChI is InChI=1S/C17H22N4O3/c1-11(24-13-5-3-12(23-2)4-6-13)9-19-17(22)16-14-10-18-8-7-15(14)20-21-16/h3-6,11,18H,7-10H2,1-2H3,(H,19,22)(H,20,21). The average molecular weight is 330 g/mol. The molecule has 1 aliphatic rings. The average Bonchev–Trinajstić information content (AvgIpc) is 3.04. The van der Waals surface area contributed by atoms with Crippen molar-refractivity contribution in [2.75, 3.05) is 20.2 Å². The van der Waals surface area contributed by atoms with E-state index in [1.165, 1.54) is 0 Å². The van der Waals surface area contributed by atoms with Gasteiger partial charge in [-0.2, -0.15) is 5.10 Å². The van der Waals surface area contributed by atoms with Crippen molar-refractivity contribution in [3.05, 3.63) is 41.2 Å². The number of nitrogens with one attached hydrogen (secondary N) is 3. The summed E-state index contributed by atoms with van der Waals surface area (Å²) in [6, 6.07) is 7.35. The fraction of sp³-hybridized carbons (Fsp3) is 0.412. The largest absolute Gasteiger partial charge is 0.497 e. The highest BCUT2D eigenvalue weighted by molar-refractivity contribution is 5.94. The molecule has 7 heteroatoms. The number of H-pyrrole nitrogens is 1. The van der Waals surface area contributed by atoms with E-state index in [-0.39, 0.29) is 12.0 Å². The van der Waals surface area contributed by atoms with Crippen LogP contribution >= 0.6 is 0 Å². The van der Waals surface area contributed by atoms with Crippen LogP contribution < -0.4 is 20.1 Å². The molecule has 0 saturated heterocycles. The van der Waals surface area contributed by atoms with E-state index in [4.69, 9.17) is 9.47 Å². The van der Waals surface area contributed by atoms with Gasteiger partial charge in [0.15, 0.2) is 5.69 Å². The van der Waals surface area contributed by atoms with Gasteiger partial charge in [0.05, 0.1) is 13.7 Å². The Bertz CT molecular complexity index is 696. The number of rotatable bonds is 6. The lowest BCUT2D eigenvalue weighted by atomic mass is 10.1. The van der Waals surface area contributed by atoms with Gasteiger partial charge in [0.25, 0.3) is 5.91 Å². The molecular formula is C17H22N4O3. The first-order valence-corrected chi connectivity index (χ1v) is 8.03. The summed E-state index contributed by atoms with van der Waals surface area (Å²) in [6.45, 7) is 3.89. The molecule has 1 aliphatic heterocycles. The minimum absolute atomic E-state index is 0.157. The molecule has 0 aliphatic carbocycles. The highest BCUT2D eigenvalue weighted by Crippen LogP contribution is 2.18. The maximum absolute atomic E-state index is 12.3. The number of aromatic nitrogens is 2. The second-order valence-electron chi connectivity index (χ2n) is 5.77. The Balaban J connectivity index is 1.53. The zero-order valence-corrected chi connectivity index (χ0v) is 13.9. The quantitative estimate of drug-likeness (QED) is 0.742. The minimum Gasteiger partial charge on any atom is -0.497 e. The molecule has 0 radical (unpaired) electrons. The highest BCUT2D eigenvalue weighted by atomic mass is 16.5. The lowest BCUT2D eigenvalue weighted by molar-refractivity contribution is 0.0926. The summed E-state index contributed by atoms with van der Waals surface area (Å²) >= 11 is 0. The Morgan fingerprint density at radius 2 is 2.08 bits per heavy atom. The summed E-state index contributed by atoms with van der Waals surface area (Å²) < 4.78 is 10.9. The smallest absolute Gasteiger partial charge is 0.272 e. The number of carbonyl (C=O) groups is 1. The summed E-state index contributed by atoms with van der Waals surface area (Å²) in [4.78, 5) is 12.3. The zero-order chi connectivity index (χ0) is 16.9. The molecule has 3 rings (SSSR count). The molecule has 0 bridgehead atoms. The van der Waals surface area contributed by atoms with Crippen molar-refractivity contribution >= 4 is 5.91 Å². The minimum atomic E-state index is -0.179. The molecule has 0 spiro atoms. The third kappa shape index (κ3) is 3.68. The first kappa shape index (κ1) is 16.3. The van der Waals surface area contributed by atoms with Gasteiger partial charge in [0, 0.05) is 30.8 Å². The van der Waals surface area contributed by atoms with Gasteiger partial charge in [-0.1, -0.05) is 0 Å². The number of hydrogen-bond acceptors (Lipinski definition) is 5.